The van der Waals surface area contributed by atoms with Crippen LogP contribution >= 0.6 is 11.6 Å². The quantitative estimate of drug-likeness (QED) is 0.446. The largest absolute Gasteiger partial charge is 0.506 e. The molecule has 1 aliphatic carbocycles. The van der Waals surface area contributed by atoms with Crippen molar-refractivity contribution in [3.63, 3.8) is 0 Å². The number of hydrogen-bond acceptors (Lipinski definition) is 4. The Bertz CT molecular complexity index is 385. The molecule has 0 aromatic heterocycles. The minimum atomic E-state index is -4.43. The van der Waals surface area contributed by atoms with E-state index in [1.807, 2.05) is 0 Å². The first-order valence-electron chi connectivity index (χ1n) is 3.29. The number of aliphatic hydroxyl groups is 1. The predicted octanol–water partition coefficient (Wildman–Crippen LogP) is 0.497. The average molecular weight is 226 g/mol. The third-order valence-corrected chi connectivity index (χ3v) is 3.66. The van der Waals surface area contributed by atoms with Gasteiger partial charge in [0, 0.05) is 6.42 Å². The fourth-order valence-corrected chi connectivity index (χ4v) is 1.68. The Labute approximate surface area is 80.2 Å². The molecule has 0 aliphatic heterocycles. The van der Waals surface area contributed by atoms with Crippen molar-refractivity contribution >= 4 is 21.7 Å². The van der Waals surface area contributed by atoms with Gasteiger partial charge in [-0.15, -0.1) is 0 Å². The molecule has 0 bridgehead atoms. The molecular formula is C6H8ClNO4S. The van der Waals surface area contributed by atoms with Crippen LogP contribution in [0.3, 0.4) is 0 Å². The summed E-state index contributed by atoms with van der Waals surface area (Å²) in [5.74, 6) is -0.236. The van der Waals surface area contributed by atoms with Crippen LogP contribution in [-0.4, -0.2) is 22.3 Å². The van der Waals surface area contributed by atoms with Crippen molar-refractivity contribution in [1.82, 2.24) is 0 Å². The molecule has 0 amide bonds. The molecule has 0 aromatic rings. The van der Waals surface area contributed by atoms with E-state index in [0.717, 1.165) is 12.2 Å². The van der Waals surface area contributed by atoms with E-state index in [0.29, 0.717) is 0 Å². The summed E-state index contributed by atoms with van der Waals surface area (Å²) in [7, 11) is -4.43. The molecule has 1 atom stereocenters. The molecule has 1 aliphatic rings. The number of halogens is 1. The highest BCUT2D eigenvalue weighted by Crippen LogP contribution is 2.34. The lowest BCUT2D eigenvalue weighted by Gasteiger charge is -2.23. The van der Waals surface area contributed by atoms with Gasteiger partial charge in [-0.3, -0.25) is 4.55 Å². The zero-order valence-electron chi connectivity index (χ0n) is 6.44. The van der Waals surface area contributed by atoms with Crippen molar-refractivity contribution in [2.45, 2.75) is 10.6 Å². The topological polar surface area (TPSA) is 101 Å². The average Bonchev–Trinajstić information content (AvgIpc) is 1.95. The molecule has 0 heterocycles. The molecule has 0 aromatic carbocycles. The minimum Gasteiger partial charge on any atom is -0.506 e. The number of allylic oxidation sites excluding steroid dienone is 2. The lowest BCUT2D eigenvalue weighted by molar-refractivity contribution is 0.413. The summed E-state index contributed by atoms with van der Waals surface area (Å²) < 4.78 is 28.3. The Morgan fingerprint density at radius 1 is 1.62 bits per heavy atom. The van der Waals surface area contributed by atoms with Crippen molar-refractivity contribution in [3.8, 4) is 0 Å². The molecule has 0 radical (unpaired) electrons. The van der Waals surface area contributed by atoms with Crippen LogP contribution in [0.1, 0.15) is 6.42 Å². The summed E-state index contributed by atoms with van der Waals surface area (Å²) >= 11 is 5.56. The highest BCUT2D eigenvalue weighted by Gasteiger charge is 2.41. The van der Waals surface area contributed by atoms with Crippen molar-refractivity contribution in [2.24, 2.45) is 5.73 Å². The van der Waals surface area contributed by atoms with Gasteiger partial charge in [0.2, 0.25) is 0 Å². The first kappa shape index (κ1) is 10.4. The Morgan fingerprint density at radius 3 is 2.54 bits per heavy atom. The van der Waals surface area contributed by atoms with Gasteiger partial charge >= 0.3 is 0 Å². The molecular weight excluding hydrogens is 218 g/mol. The van der Waals surface area contributed by atoms with Crippen LogP contribution in [0.4, 0.5) is 0 Å². The third kappa shape index (κ3) is 1.79. The predicted molar refractivity (Wildman–Crippen MR) is 47.7 cm³/mol. The Hall–Kier alpha value is -0.720. The van der Waals surface area contributed by atoms with Crippen molar-refractivity contribution < 1.29 is 18.1 Å². The van der Waals surface area contributed by atoms with E-state index in [1.165, 1.54) is 0 Å². The molecule has 5 nitrogen and oxygen atoms in total. The second-order valence-corrected chi connectivity index (χ2v) is 5.26. The maximum Gasteiger partial charge on any atom is 0.289 e. The van der Waals surface area contributed by atoms with Crippen LogP contribution in [0.25, 0.3) is 0 Å². The van der Waals surface area contributed by atoms with Gasteiger partial charge in [0.25, 0.3) is 10.1 Å². The van der Waals surface area contributed by atoms with Gasteiger partial charge in [0.15, 0.2) is 4.21 Å². The smallest absolute Gasteiger partial charge is 0.289 e. The molecule has 74 valence electrons. The maximum absolute atomic E-state index is 10.8. The first-order valence-corrected chi connectivity index (χ1v) is 5.11. The van der Waals surface area contributed by atoms with Crippen LogP contribution in [0.15, 0.2) is 23.6 Å². The second-order valence-electron chi connectivity index (χ2n) is 2.68. The molecule has 0 fully saturated rings. The molecule has 7 heteroatoms. The molecule has 0 spiro atoms. The van der Waals surface area contributed by atoms with Crippen LogP contribution in [0.5, 0.6) is 0 Å². The van der Waals surface area contributed by atoms with Gasteiger partial charge in [-0.05, 0) is 12.2 Å². The normalized spacial score (nSPS) is 29.4. The zero-order valence-corrected chi connectivity index (χ0v) is 8.01. The molecule has 13 heavy (non-hydrogen) atoms. The second kappa shape index (κ2) is 2.90. The van der Waals surface area contributed by atoms with E-state index < -0.39 is 14.3 Å². The molecule has 0 saturated carbocycles. The summed E-state index contributed by atoms with van der Waals surface area (Å²) in [4.78, 5) is 0. The number of alkyl halides is 1. The van der Waals surface area contributed by atoms with Gasteiger partial charge in [-0.1, -0.05) is 11.6 Å². The zero-order chi connectivity index (χ0) is 10.3. The number of aliphatic hydroxyl groups excluding tert-OH is 1. The maximum atomic E-state index is 10.8. The highest BCUT2D eigenvalue weighted by molar-refractivity contribution is 7.88. The van der Waals surface area contributed by atoms with Crippen molar-refractivity contribution in [2.75, 3.05) is 0 Å². The lowest BCUT2D eigenvalue weighted by Crippen LogP contribution is -2.34. The van der Waals surface area contributed by atoms with E-state index in [4.69, 9.17) is 27.0 Å². The number of rotatable bonds is 1. The fourth-order valence-electron chi connectivity index (χ4n) is 0.897. The summed E-state index contributed by atoms with van der Waals surface area (Å²) in [6.45, 7) is 0. The van der Waals surface area contributed by atoms with Gasteiger partial charge in [0.1, 0.15) is 5.76 Å². The lowest BCUT2D eigenvalue weighted by atomic mass is 10.1. The summed E-state index contributed by atoms with van der Waals surface area (Å²) in [5, 5.41) is 9.01. The molecule has 1 rings (SSSR count). The van der Waals surface area contributed by atoms with E-state index in [-0.39, 0.29) is 17.9 Å². The van der Waals surface area contributed by atoms with E-state index in [9.17, 15) is 8.42 Å². The monoisotopic (exact) mass is 225 g/mol. The number of hydrogen-bond donors (Lipinski definition) is 3. The van der Waals surface area contributed by atoms with Gasteiger partial charge in [-0.25, -0.2) is 0 Å². The highest BCUT2D eigenvalue weighted by atomic mass is 35.5. The van der Waals surface area contributed by atoms with E-state index in [1.54, 1.807) is 0 Å². The third-order valence-electron chi connectivity index (χ3n) is 1.68. The van der Waals surface area contributed by atoms with E-state index in [2.05, 4.69) is 0 Å². The summed E-state index contributed by atoms with van der Waals surface area (Å²) in [5.41, 5.74) is 5.19. The van der Waals surface area contributed by atoms with Crippen molar-refractivity contribution in [3.05, 3.63) is 23.6 Å². The Balaban J connectivity index is 3.12. The first-order chi connectivity index (χ1) is 5.76. The van der Waals surface area contributed by atoms with Crippen molar-refractivity contribution in [1.29, 1.82) is 0 Å². The standard InChI is InChI=1S/C6H8ClNO4S/c7-6(13(10,11)12)2-1-5(9)4(8)3-6/h1-2,9H,3,8H2,(H,10,11,12). The Kier molecular flexibility index (Phi) is 2.31. The van der Waals surface area contributed by atoms with Crippen LogP contribution < -0.4 is 5.73 Å². The SMILES string of the molecule is NC1=C(O)C=CC(Cl)(S(=O)(=O)O)C1. The van der Waals surface area contributed by atoms with Crippen LogP contribution in [-0.2, 0) is 10.1 Å². The fraction of sp³-hybridized carbons (Fsp3) is 0.333. The summed E-state index contributed by atoms with van der Waals surface area (Å²) in [6, 6.07) is 0. The molecule has 0 saturated heterocycles. The van der Waals surface area contributed by atoms with Crippen LogP contribution in [0, 0.1) is 0 Å². The number of nitrogens with two attached hydrogens (primary N) is 1. The summed E-state index contributed by atoms with van der Waals surface area (Å²) in [6.07, 6.45) is 1.69. The van der Waals surface area contributed by atoms with Crippen LogP contribution in [0.2, 0.25) is 0 Å². The Morgan fingerprint density at radius 2 is 2.15 bits per heavy atom. The molecule has 1 unspecified atom stereocenters. The van der Waals surface area contributed by atoms with E-state index >= 15 is 0 Å². The molecule has 4 N–H and O–H groups in total. The van der Waals surface area contributed by atoms with Gasteiger partial charge in [0.05, 0.1) is 5.70 Å². The van der Waals surface area contributed by atoms with Gasteiger partial charge < -0.3 is 10.8 Å². The minimum absolute atomic E-state index is 0.0740. The van der Waals surface area contributed by atoms with Gasteiger partial charge in [-0.2, -0.15) is 8.42 Å².